The second kappa shape index (κ2) is 6.10. The number of pyridine rings is 1. The van der Waals surface area contributed by atoms with E-state index in [0.717, 1.165) is 26.9 Å². The fourth-order valence-electron chi connectivity index (χ4n) is 2.16. The molecule has 0 amide bonds. The van der Waals surface area contributed by atoms with Gasteiger partial charge >= 0.3 is 0 Å². The van der Waals surface area contributed by atoms with Gasteiger partial charge in [-0.1, -0.05) is 48.0 Å². The number of aryl methyl sites for hydroxylation is 1. The average molecular weight is 293 g/mol. The third-order valence-electron chi connectivity index (χ3n) is 3.33. The van der Waals surface area contributed by atoms with Crippen LogP contribution in [-0.4, -0.2) is 16.5 Å². The highest BCUT2D eigenvalue weighted by Crippen LogP contribution is 2.26. The number of thioether (sulfide) groups is 1. The maximum atomic E-state index is 12.2. The van der Waals surface area contributed by atoms with Gasteiger partial charge in [-0.3, -0.25) is 9.78 Å². The molecule has 3 rings (SSSR count). The van der Waals surface area contributed by atoms with E-state index in [1.807, 2.05) is 61.5 Å². The lowest BCUT2D eigenvalue weighted by molar-refractivity contribution is 0.102. The van der Waals surface area contributed by atoms with Crippen LogP contribution in [0, 0.1) is 6.92 Å². The van der Waals surface area contributed by atoms with Gasteiger partial charge in [0.25, 0.3) is 0 Å². The summed E-state index contributed by atoms with van der Waals surface area (Å²) in [5, 5.41) is 1.10. The quantitative estimate of drug-likeness (QED) is 0.523. The summed E-state index contributed by atoms with van der Waals surface area (Å²) in [5.74, 6) is 0.576. The zero-order valence-corrected chi connectivity index (χ0v) is 12.6. The summed E-state index contributed by atoms with van der Waals surface area (Å²) in [6.45, 7) is 2.02. The Labute approximate surface area is 128 Å². The van der Waals surface area contributed by atoms with Crippen molar-refractivity contribution in [2.45, 2.75) is 11.8 Å². The topological polar surface area (TPSA) is 30.0 Å². The highest BCUT2D eigenvalue weighted by Gasteiger charge is 2.08. The Hall–Kier alpha value is -2.13. The van der Waals surface area contributed by atoms with Crippen molar-refractivity contribution < 1.29 is 4.79 Å². The standard InChI is InChI=1S/C18H15NOS/c1-13-7-9-14(10-8-13)16(20)12-21-17-6-2-4-15-5-3-11-19-18(15)17/h2-11H,12H2,1H3. The number of carbonyl (C=O) groups excluding carboxylic acids is 1. The van der Waals surface area contributed by atoms with Gasteiger partial charge in [-0.15, -0.1) is 11.8 Å². The predicted octanol–water partition coefficient (Wildman–Crippen LogP) is 4.52. The van der Waals surface area contributed by atoms with Crippen molar-refractivity contribution >= 4 is 28.4 Å². The Bertz CT molecular complexity index is 775. The zero-order valence-electron chi connectivity index (χ0n) is 11.7. The molecule has 3 heteroatoms. The van der Waals surface area contributed by atoms with Gasteiger partial charge in [0, 0.05) is 22.0 Å². The number of Topliss-reactive ketones (excluding diaryl/α,β-unsaturated/α-hetero) is 1. The van der Waals surface area contributed by atoms with Crippen molar-refractivity contribution in [1.29, 1.82) is 0 Å². The molecule has 0 saturated carbocycles. The number of rotatable bonds is 4. The first-order valence-electron chi connectivity index (χ1n) is 6.80. The molecule has 0 N–H and O–H groups in total. The van der Waals surface area contributed by atoms with Gasteiger partial charge in [0.2, 0.25) is 0 Å². The van der Waals surface area contributed by atoms with Crippen molar-refractivity contribution in [3.8, 4) is 0 Å². The average Bonchev–Trinajstić information content (AvgIpc) is 2.53. The molecule has 3 aromatic rings. The molecule has 0 bridgehead atoms. The van der Waals surface area contributed by atoms with Crippen LogP contribution in [0.15, 0.2) is 65.7 Å². The molecule has 0 radical (unpaired) electrons. The number of hydrogen-bond acceptors (Lipinski definition) is 3. The predicted molar refractivity (Wildman–Crippen MR) is 88.0 cm³/mol. The highest BCUT2D eigenvalue weighted by atomic mass is 32.2. The van der Waals surface area contributed by atoms with E-state index in [2.05, 4.69) is 4.98 Å². The van der Waals surface area contributed by atoms with Crippen LogP contribution in [0.4, 0.5) is 0 Å². The lowest BCUT2D eigenvalue weighted by Crippen LogP contribution is -2.02. The smallest absolute Gasteiger partial charge is 0.173 e. The molecule has 1 aromatic heterocycles. The number of carbonyl (C=O) groups is 1. The first-order valence-corrected chi connectivity index (χ1v) is 7.79. The fourth-order valence-corrected chi connectivity index (χ4v) is 3.09. The number of aromatic nitrogens is 1. The van der Waals surface area contributed by atoms with Crippen LogP contribution in [-0.2, 0) is 0 Å². The number of ketones is 1. The summed E-state index contributed by atoms with van der Waals surface area (Å²) in [6.07, 6.45) is 1.79. The Kier molecular flexibility index (Phi) is 4.02. The molecule has 1 heterocycles. The molecule has 2 aromatic carbocycles. The molecule has 0 saturated heterocycles. The van der Waals surface area contributed by atoms with Crippen LogP contribution in [0.25, 0.3) is 10.9 Å². The summed E-state index contributed by atoms with van der Waals surface area (Å²) >= 11 is 1.55. The third kappa shape index (κ3) is 3.14. The second-order valence-electron chi connectivity index (χ2n) is 4.91. The van der Waals surface area contributed by atoms with E-state index in [0.29, 0.717) is 5.75 Å². The summed E-state index contributed by atoms with van der Waals surface area (Å²) in [7, 11) is 0. The number of hydrogen-bond donors (Lipinski definition) is 0. The number of fused-ring (bicyclic) bond motifs is 1. The van der Waals surface area contributed by atoms with E-state index in [9.17, 15) is 4.79 Å². The molecule has 104 valence electrons. The fraction of sp³-hybridized carbons (Fsp3) is 0.111. The molecular weight excluding hydrogens is 278 g/mol. The molecule has 0 spiro atoms. The summed E-state index contributed by atoms with van der Waals surface area (Å²) in [6, 6.07) is 17.7. The highest BCUT2D eigenvalue weighted by molar-refractivity contribution is 8.00. The molecule has 2 nitrogen and oxygen atoms in total. The van der Waals surface area contributed by atoms with Crippen LogP contribution in [0.3, 0.4) is 0 Å². The minimum Gasteiger partial charge on any atom is -0.293 e. The summed E-state index contributed by atoms with van der Waals surface area (Å²) in [4.78, 5) is 17.7. The molecule has 0 aliphatic carbocycles. The SMILES string of the molecule is Cc1ccc(C(=O)CSc2cccc3cccnc23)cc1. The molecule has 0 atom stereocenters. The first-order chi connectivity index (χ1) is 10.2. The van der Waals surface area contributed by atoms with Crippen LogP contribution in [0.5, 0.6) is 0 Å². The van der Waals surface area contributed by atoms with Gasteiger partial charge in [0.1, 0.15) is 0 Å². The zero-order chi connectivity index (χ0) is 14.7. The first kappa shape index (κ1) is 13.8. The summed E-state index contributed by atoms with van der Waals surface area (Å²) in [5.41, 5.74) is 2.89. The second-order valence-corrected chi connectivity index (χ2v) is 5.93. The monoisotopic (exact) mass is 293 g/mol. The largest absolute Gasteiger partial charge is 0.293 e. The van der Waals surface area contributed by atoms with Crippen molar-refractivity contribution in [2.24, 2.45) is 0 Å². The maximum absolute atomic E-state index is 12.2. The van der Waals surface area contributed by atoms with Crippen LogP contribution >= 0.6 is 11.8 Å². The van der Waals surface area contributed by atoms with Crippen LogP contribution < -0.4 is 0 Å². The Morgan fingerprint density at radius 1 is 1.05 bits per heavy atom. The van der Waals surface area contributed by atoms with Crippen LogP contribution in [0.1, 0.15) is 15.9 Å². The molecule has 21 heavy (non-hydrogen) atoms. The lowest BCUT2D eigenvalue weighted by Gasteiger charge is -2.05. The van der Waals surface area contributed by atoms with E-state index in [1.165, 1.54) is 0 Å². The normalized spacial score (nSPS) is 10.7. The van der Waals surface area contributed by atoms with Gasteiger partial charge < -0.3 is 0 Å². The van der Waals surface area contributed by atoms with E-state index in [1.54, 1.807) is 18.0 Å². The summed E-state index contributed by atoms with van der Waals surface area (Å²) < 4.78 is 0. The molecule has 0 fully saturated rings. The van der Waals surface area contributed by atoms with Gasteiger partial charge in [-0.25, -0.2) is 0 Å². The molecule has 0 aliphatic heterocycles. The third-order valence-corrected chi connectivity index (χ3v) is 4.37. The Morgan fingerprint density at radius 3 is 2.62 bits per heavy atom. The van der Waals surface area contributed by atoms with E-state index in [4.69, 9.17) is 0 Å². The van der Waals surface area contributed by atoms with Gasteiger partial charge in [0.15, 0.2) is 5.78 Å². The molecular formula is C18H15NOS. The van der Waals surface area contributed by atoms with Gasteiger partial charge in [-0.05, 0) is 19.1 Å². The van der Waals surface area contributed by atoms with Crippen molar-refractivity contribution in [2.75, 3.05) is 5.75 Å². The van der Waals surface area contributed by atoms with E-state index in [-0.39, 0.29) is 5.78 Å². The molecule has 0 unspecified atom stereocenters. The lowest BCUT2D eigenvalue weighted by atomic mass is 10.1. The van der Waals surface area contributed by atoms with Crippen LogP contribution in [0.2, 0.25) is 0 Å². The Morgan fingerprint density at radius 2 is 1.81 bits per heavy atom. The number of benzene rings is 2. The molecule has 0 aliphatic rings. The van der Waals surface area contributed by atoms with Crippen molar-refractivity contribution in [1.82, 2.24) is 4.98 Å². The number of para-hydroxylation sites is 1. The Balaban J connectivity index is 1.77. The minimum absolute atomic E-state index is 0.146. The van der Waals surface area contributed by atoms with Crippen molar-refractivity contribution in [3.63, 3.8) is 0 Å². The number of nitrogens with zero attached hydrogens (tertiary/aromatic N) is 1. The maximum Gasteiger partial charge on any atom is 0.173 e. The minimum atomic E-state index is 0.146. The van der Waals surface area contributed by atoms with E-state index >= 15 is 0 Å². The van der Waals surface area contributed by atoms with Gasteiger partial charge in [0.05, 0.1) is 11.3 Å². The van der Waals surface area contributed by atoms with Crippen molar-refractivity contribution in [3.05, 3.63) is 71.9 Å². The van der Waals surface area contributed by atoms with Gasteiger partial charge in [-0.2, -0.15) is 0 Å². The van der Waals surface area contributed by atoms with E-state index < -0.39 is 0 Å².